The van der Waals surface area contributed by atoms with Gasteiger partial charge in [-0.2, -0.15) is 0 Å². The number of hydrogen-bond donors (Lipinski definition) is 1. The normalized spacial score (nSPS) is 13.2. The van der Waals surface area contributed by atoms with Crippen LogP contribution in [0.1, 0.15) is 53.5 Å². The Balaban J connectivity index is 2.65. The van der Waals surface area contributed by atoms with Gasteiger partial charge in [-0.15, -0.1) is 0 Å². The van der Waals surface area contributed by atoms with Crippen LogP contribution in [0.15, 0.2) is 30.3 Å². The average molecular weight is 349 g/mol. The molecule has 1 rings (SSSR count). The molecule has 1 N–H and O–H groups in total. The number of carbonyl (C=O) groups is 2. The number of benzene rings is 1. The second-order valence-corrected chi connectivity index (χ2v) is 8.07. The molecule has 0 aliphatic heterocycles. The Hall–Kier alpha value is -1.88. The summed E-state index contributed by atoms with van der Waals surface area (Å²) in [6, 6.07) is 9.22. The molecule has 0 aliphatic rings. The van der Waals surface area contributed by atoms with E-state index in [2.05, 4.69) is 5.32 Å². The van der Waals surface area contributed by atoms with Crippen LogP contribution in [0.3, 0.4) is 0 Å². The van der Waals surface area contributed by atoms with Crippen LogP contribution in [0.25, 0.3) is 0 Å². The van der Waals surface area contributed by atoms with Crippen molar-refractivity contribution in [2.24, 2.45) is 0 Å². The molecule has 0 spiro atoms. The van der Waals surface area contributed by atoms with Gasteiger partial charge in [-0.1, -0.05) is 30.3 Å². The first-order chi connectivity index (χ1) is 11.5. The van der Waals surface area contributed by atoms with Crippen LogP contribution in [0, 0.1) is 0 Å². The molecule has 5 nitrogen and oxygen atoms in total. The minimum atomic E-state index is -0.557. The van der Waals surface area contributed by atoms with E-state index in [1.165, 1.54) is 0 Å². The zero-order valence-corrected chi connectivity index (χ0v) is 16.2. The van der Waals surface area contributed by atoms with E-state index in [0.29, 0.717) is 13.0 Å². The van der Waals surface area contributed by atoms with E-state index in [4.69, 9.17) is 9.47 Å². The maximum absolute atomic E-state index is 12.5. The van der Waals surface area contributed by atoms with Crippen LogP contribution in [0.4, 0.5) is 0 Å². The van der Waals surface area contributed by atoms with Gasteiger partial charge in [0.25, 0.3) is 0 Å². The number of ether oxygens (including phenoxy) is 2. The zero-order chi connectivity index (χ0) is 19.1. The van der Waals surface area contributed by atoms with E-state index in [9.17, 15) is 9.59 Å². The second-order valence-electron chi connectivity index (χ2n) is 8.07. The van der Waals surface area contributed by atoms with Crippen LogP contribution in [-0.4, -0.2) is 35.7 Å². The molecule has 0 aliphatic carbocycles. The van der Waals surface area contributed by atoms with Crippen molar-refractivity contribution in [1.29, 1.82) is 0 Å². The quantitative estimate of drug-likeness (QED) is 0.766. The third-order valence-electron chi connectivity index (χ3n) is 3.11. The first-order valence-corrected chi connectivity index (χ1v) is 8.68. The molecular formula is C20H31NO4. The molecule has 0 radical (unpaired) electrons. The molecular weight excluding hydrogens is 318 g/mol. The monoisotopic (exact) mass is 349 g/mol. The molecule has 0 unspecified atom stereocenters. The van der Waals surface area contributed by atoms with Crippen molar-refractivity contribution < 1.29 is 19.1 Å². The smallest absolute Gasteiger partial charge is 0.323 e. The van der Waals surface area contributed by atoms with Crippen molar-refractivity contribution in [3.8, 4) is 0 Å². The van der Waals surface area contributed by atoms with Crippen LogP contribution in [0.2, 0.25) is 0 Å². The van der Waals surface area contributed by atoms with Crippen LogP contribution in [0.5, 0.6) is 0 Å². The summed E-state index contributed by atoms with van der Waals surface area (Å²) in [5.74, 6) is -0.608. The van der Waals surface area contributed by atoms with Gasteiger partial charge in [0.1, 0.15) is 17.2 Å². The van der Waals surface area contributed by atoms with Crippen molar-refractivity contribution in [1.82, 2.24) is 5.32 Å². The molecule has 0 saturated heterocycles. The molecule has 1 atom stereocenters. The van der Waals surface area contributed by atoms with E-state index in [1.54, 1.807) is 0 Å². The highest BCUT2D eigenvalue weighted by Gasteiger charge is 2.25. The van der Waals surface area contributed by atoms with E-state index in [-0.39, 0.29) is 18.4 Å². The summed E-state index contributed by atoms with van der Waals surface area (Å²) in [7, 11) is 0. The fourth-order valence-electron chi connectivity index (χ4n) is 2.20. The predicted octanol–water partition coefficient (Wildman–Crippen LogP) is 3.26. The Morgan fingerprint density at radius 3 is 2.04 bits per heavy atom. The molecule has 0 bridgehead atoms. The first-order valence-electron chi connectivity index (χ1n) is 8.68. The van der Waals surface area contributed by atoms with Crippen molar-refractivity contribution in [2.45, 2.75) is 71.6 Å². The highest BCUT2D eigenvalue weighted by Crippen LogP contribution is 2.12. The molecule has 25 heavy (non-hydrogen) atoms. The highest BCUT2D eigenvalue weighted by atomic mass is 16.6. The standard InChI is InChI=1S/C20H31NO4/c1-19(2,3)24-17(22)12-13-21-16(18(23)25-20(4,5)6)14-15-10-8-7-9-11-15/h7-11,16,21H,12-14H2,1-6H3/t16-/m0/s1. The van der Waals surface area contributed by atoms with Gasteiger partial charge in [-0.3, -0.25) is 9.59 Å². The zero-order valence-electron chi connectivity index (χ0n) is 16.2. The van der Waals surface area contributed by atoms with Crippen LogP contribution >= 0.6 is 0 Å². The van der Waals surface area contributed by atoms with Crippen molar-refractivity contribution in [2.75, 3.05) is 6.54 Å². The summed E-state index contributed by atoms with van der Waals surface area (Å²) in [6.45, 7) is 11.4. The number of rotatable bonds is 7. The van der Waals surface area contributed by atoms with E-state index < -0.39 is 17.2 Å². The van der Waals surface area contributed by atoms with Crippen LogP contribution < -0.4 is 5.32 Å². The number of esters is 2. The van der Waals surface area contributed by atoms with Gasteiger partial charge in [0.15, 0.2) is 0 Å². The fourth-order valence-corrected chi connectivity index (χ4v) is 2.20. The lowest BCUT2D eigenvalue weighted by molar-refractivity contribution is -0.159. The SMILES string of the molecule is CC(C)(C)OC(=O)CCN[C@@H](Cc1ccccc1)C(=O)OC(C)(C)C. The first kappa shape index (κ1) is 21.2. The van der Waals surface area contributed by atoms with Gasteiger partial charge in [0.2, 0.25) is 0 Å². The number of nitrogens with one attached hydrogen (secondary N) is 1. The summed E-state index contributed by atoms with van der Waals surface area (Å²) in [4.78, 5) is 24.3. The van der Waals surface area contributed by atoms with Gasteiger partial charge >= 0.3 is 11.9 Å². The van der Waals surface area contributed by atoms with Gasteiger partial charge in [-0.25, -0.2) is 0 Å². The topological polar surface area (TPSA) is 64.6 Å². The highest BCUT2D eigenvalue weighted by molar-refractivity contribution is 5.77. The van der Waals surface area contributed by atoms with Gasteiger partial charge in [0, 0.05) is 6.54 Å². The molecule has 0 amide bonds. The van der Waals surface area contributed by atoms with E-state index in [1.807, 2.05) is 71.9 Å². The number of carbonyl (C=O) groups excluding carboxylic acids is 2. The Morgan fingerprint density at radius 1 is 0.960 bits per heavy atom. The van der Waals surface area contributed by atoms with Crippen molar-refractivity contribution in [3.05, 3.63) is 35.9 Å². The molecule has 1 aromatic rings. The van der Waals surface area contributed by atoms with Gasteiger partial charge < -0.3 is 14.8 Å². The maximum atomic E-state index is 12.5. The fraction of sp³-hybridized carbons (Fsp3) is 0.600. The molecule has 5 heteroatoms. The molecule has 0 fully saturated rings. The maximum Gasteiger partial charge on any atom is 0.323 e. The summed E-state index contributed by atoms with van der Waals surface area (Å²) < 4.78 is 10.8. The lowest BCUT2D eigenvalue weighted by Gasteiger charge is -2.25. The second kappa shape index (κ2) is 8.99. The minimum absolute atomic E-state index is 0.200. The largest absolute Gasteiger partial charge is 0.460 e. The molecule has 1 aromatic carbocycles. The Labute approximate surface area is 151 Å². The van der Waals surface area contributed by atoms with E-state index >= 15 is 0 Å². The van der Waals surface area contributed by atoms with Crippen LogP contribution in [-0.2, 0) is 25.5 Å². The third-order valence-corrected chi connectivity index (χ3v) is 3.11. The Kier molecular flexibility index (Phi) is 7.61. The lowest BCUT2D eigenvalue weighted by Crippen LogP contribution is -2.43. The summed E-state index contributed by atoms with van der Waals surface area (Å²) in [6.07, 6.45) is 0.704. The lowest BCUT2D eigenvalue weighted by atomic mass is 10.1. The Bertz CT molecular complexity index is 555. The van der Waals surface area contributed by atoms with E-state index in [0.717, 1.165) is 5.56 Å². The predicted molar refractivity (Wildman–Crippen MR) is 98.2 cm³/mol. The van der Waals surface area contributed by atoms with Crippen molar-refractivity contribution >= 4 is 11.9 Å². The molecule has 0 aromatic heterocycles. The molecule has 0 heterocycles. The summed E-state index contributed by atoms with van der Waals surface area (Å²) in [5, 5.41) is 3.13. The summed E-state index contributed by atoms with van der Waals surface area (Å²) in [5.41, 5.74) is -0.0343. The van der Waals surface area contributed by atoms with Gasteiger partial charge in [-0.05, 0) is 53.5 Å². The molecule has 140 valence electrons. The Morgan fingerprint density at radius 2 is 1.52 bits per heavy atom. The average Bonchev–Trinajstić information content (AvgIpc) is 2.43. The summed E-state index contributed by atoms with van der Waals surface area (Å²) >= 11 is 0. The molecule has 0 saturated carbocycles. The third kappa shape index (κ3) is 9.87. The van der Waals surface area contributed by atoms with Crippen molar-refractivity contribution in [3.63, 3.8) is 0 Å². The minimum Gasteiger partial charge on any atom is -0.460 e. The number of hydrogen-bond acceptors (Lipinski definition) is 5. The van der Waals surface area contributed by atoms with Gasteiger partial charge in [0.05, 0.1) is 6.42 Å².